The van der Waals surface area contributed by atoms with Crippen LogP contribution in [0.15, 0.2) is 36.4 Å². The zero-order chi connectivity index (χ0) is 12.0. The highest BCUT2D eigenvalue weighted by Gasteiger charge is 2.42. The maximum Gasteiger partial charge on any atom is 0.343 e. The molecule has 1 atom stereocenters. The summed E-state index contributed by atoms with van der Waals surface area (Å²) >= 11 is 1.21. The van der Waals surface area contributed by atoms with E-state index < -0.39 is 17.5 Å². The molecule has 1 heterocycles. The van der Waals surface area contributed by atoms with E-state index in [2.05, 4.69) is 18.5 Å². The lowest BCUT2D eigenvalue weighted by Crippen LogP contribution is -2.46. The molecular weight excluding hydrogens is 229 g/mol. The van der Waals surface area contributed by atoms with Gasteiger partial charge in [-0.3, -0.25) is 0 Å². The molecule has 0 aromatic heterocycles. The molecule has 1 unspecified atom stereocenters. The van der Waals surface area contributed by atoms with Crippen LogP contribution in [0.2, 0.25) is 0 Å². The minimum absolute atomic E-state index is 0.144. The number of ether oxygens (including phenoxy) is 1. The van der Waals surface area contributed by atoms with Gasteiger partial charge in [-0.15, -0.1) is 6.58 Å². The summed E-state index contributed by atoms with van der Waals surface area (Å²) in [5.74, 6) is -0.433. The molecular formula is C11H14FNO2S. The Balaban J connectivity index is 2.71. The predicted molar refractivity (Wildman–Crippen MR) is 63.5 cm³/mol. The van der Waals surface area contributed by atoms with Crippen molar-refractivity contribution in [2.24, 2.45) is 0 Å². The lowest BCUT2D eigenvalue weighted by Gasteiger charge is -2.26. The molecule has 0 spiro atoms. The van der Waals surface area contributed by atoms with Crippen LogP contribution in [0.1, 0.15) is 6.42 Å². The van der Waals surface area contributed by atoms with Crippen molar-refractivity contribution >= 4 is 17.7 Å². The molecule has 1 rings (SSSR count). The molecule has 1 aliphatic heterocycles. The van der Waals surface area contributed by atoms with E-state index in [1.807, 2.05) is 0 Å². The van der Waals surface area contributed by atoms with Crippen molar-refractivity contribution in [3.05, 3.63) is 36.4 Å². The summed E-state index contributed by atoms with van der Waals surface area (Å²) in [5, 5.41) is 4.43. The van der Waals surface area contributed by atoms with Gasteiger partial charge in [0.05, 0.1) is 5.70 Å². The fourth-order valence-electron chi connectivity index (χ4n) is 1.29. The van der Waals surface area contributed by atoms with Crippen LogP contribution in [-0.4, -0.2) is 24.1 Å². The third-order valence-corrected chi connectivity index (χ3v) is 3.24. The molecule has 1 aliphatic rings. The van der Waals surface area contributed by atoms with Crippen molar-refractivity contribution in [2.75, 3.05) is 13.3 Å². The summed E-state index contributed by atoms with van der Waals surface area (Å²) in [5.41, 5.74) is 0.391. The van der Waals surface area contributed by atoms with E-state index in [0.29, 0.717) is 12.1 Å². The first-order valence-corrected chi connectivity index (χ1v) is 5.66. The summed E-state index contributed by atoms with van der Waals surface area (Å²) in [6.07, 6.45) is 3.46. The third kappa shape index (κ3) is 2.66. The van der Waals surface area contributed by atoms with Crippen LogP contribution in [0.5, 0.6) is 0 Å². The van der Waals surface area contributed by atoms with Gasteiger partial charge < -0.3 is 10.1 Å². The fourth-order valence-corrected chi connectivity index (χ4v) is 2.32. The number of nitrogens with one attached hydrogen (secondary N) is 1. The zero-order valence-electron chi connectivity index (χ0n) is 8.87. The SMILES string of the molecule is C=CCOC(=O)C1(CC=C)NC(CF)=CS1. The first-order valence-electron chi connectivity index (χ1n) is 4.78. The van der Waals surface area contributed by atoms with E-state index >= 15 is 0 Å². The topological polar surface area (TPSA) is 38.3 Å². The number of carbonyl (C=O) groups excluding carboxylic acids is 1. The van der Waals surface area contributed by atoms with Gasteiger partial charge in [-0.2, -0.15) is 0 Å². The summed E-state index contributed by atoms with van der Waals surface area (Å²) in [6, 6.07) is 0. The lowest BCUT2D eigenvalue weighted by atomic mass is 10.2. The average Bonchev–Trinajstić information content (AvgIpc) is 2.71. The highest BCUT2D eigenvalue weighted by atomic mass is 32.2. The van der Waals surface area contributed by atoms with Crippen molar-refractivity contribution in [3.8, 4) is 0 Å². The lowest BCUT2D eigenvalue weighted by molar-refractivity contribution is -0.145. The molecule has 16 heavy (non-hydrogen) atoms. The molecule has 0 bridgehead atoms. The Morgan fingerprint density at radius 1 is 1.62 bits per heavy atom. The molecule has 0 aromatic rings. The molecule has 0 radical (unpaired) electrons. The number of allylic oxidation sites excluding steroid dienone is 1. The summed E-state index contributed by atoms with van der Waals surface area (Å²) in [6.45, 7) is 6.57. The van der Waals surface area contributed by atoms with Crippen molar-refractivity contribution in [1.29, 1.82) is 0 Å². The Bertz CT molecular complexity index is 330. The second-order valence-electron chi connectivity index (χ2n) is 3.23. The number of alkyl halides is 1. The minimum atomic E-state index is -0.966. The van der Waals surface area contributed by atoms with E-state index in [0.717, 1.165) is 0 Å². The zero-order valence-corrected chi connectivity index (χ0v) is 9.69. The van der Waals surface area contributed by atoms with Gasteiger partial charge in [0, 0.05) is 6.42 Å². The predicted octanol–water partition coefficient (Wildman–Crippen LogP) is 2.14. The molecule has 0 amide bonds. The molecule has 5 heteroatoms. The minimum Gasteiger partial charge on any atom is -0.459 e. The van der Waals surface area contributed by atoms with Crippen molar-refractivity contribution < 1.29 is 13.9 Å². The van der Waals surface area contributed by atoms with Gasteiger partial charge in [0.15, 0.2) is 4.87 Å². The molecule has 0 saturated heterocycles. The molecule has 0 aromatic carbocycles. The van der Waals surface area contributed by atoms with Crippen LogP contribution in [0.3, 0.4) is 0 Å². The van der Waals surface area contributed by atoms with E-state index in [1.54, 1.807) is 11.5 Å². The molecule has 0 fully saturated rings. The molecule has 1 N–H and O–H groups in total. The Morgan fingerprint density at radius 3 is 2.88 bits per heavy atom. The van der Waals surface area contributed by atoms with Gasteiger partial charge in [-0.25, -0.2) is 9.18 Å². The summed E-state index contributed by atoms with van der Waals surface area (Å²) < 4.78 is 17.4. The van der Waals surface area contributed by atoms with Crippen molar-refractivity contribution in [3.63, 3.8) is 0 Å². The van der Waals surface area contributed by atoms with Crippen LogP contribution < -0.4 is 5.32 Å². The molecule has 0 aliphatic carbocycles. The Hall–Kier alpha value is -1.23. The number of esters is 1. The third-order valence-electron chi connectivity index (χ3n) is 2.00. The quantitative estimate of drug-likeness (QED) is 0.573. The van der Waals surface area contributed by atoms with Gasteiger partial charge in [0.1, 0.15) is 13.3 Å². The smallest absolute Gasteiger partial charge is 0.343 e. The number of hydrogen-bond donors (Lipinski definition) is 1. The summed E-state index contributed by atoms with van der Waals surface area (Å²) in [4.78, 5) is 10.9. The van der Waals surface area contributed by atoms with Crippen LogP contribution in [-0.2, 0) is 9.53 Å². The highest BCUT2D eigenvalue weighted by molar-refractivity contribution is 8.04. The normalized spacial score (nSPS) is 23.2. The second-order valence-corrected chi connectivity index (χ2v) is 4.39. The number of hydrogen-bond acceptors (Lipinski definition) is 4. The van der Waals surface area contributed by atoms with Gasteiger partial charge >= 0.3 is 5.97 Å². The molecule has 0 saturated carbocycles. The van der Waals surface area contributed by atoms with Crippen molar-refractivity contribution in [1.82, 2.24) is 5.32 Å². The molecule has 3 nitrogen and oxygen atoms in total. The van der Waals surface area contributed by atoms with Gasteiger partial charge in [0.2, 0.25) is 0 Å². The Labute approximate surface area is 98.4 Å². The van der Waals surface area contributed by atoms with Crippen molar-refractivity contribution in [2.45, 2.75) is 11.3 Å². The van der Waals surface area contributed by atoms with E-state index in [-0.39, 0.29) is 6.61 Å². The standard InChI is InChI=1S/C11H14FNO2S/c1-3-5-11(10(14)15-6-4-2)13-9(7-12)8-16-11/h3-4,8,13H,1-2,5-7H2. The second kappa shape index (κ2) is 5.75. The van der Waals surface area contributed by atoms with Crippen LogP contribution in [0.4, 0.5) is 4.39 Å². The van der Waals surface area contributed by atoms with Crippen LogP contribution in [0, 0.1) is 0 Å². The Morgan fingerprint density at radius 2 is 2.38 bits per heavy atom. The van der Waals surface area contributed by atoms with E-state index in [1.165, 1.54) is 17.8 Å². The number of rotatable bonds is 6. The van der Waals surface area contributed by atoms with Gasteiger partial charge in [0.25, 0.3) is 0 Å². The number of carbonyl (C=O) groups is 1. The van der Waals surface area contributed by atoms with Gasteiger partial charge in [-0.1, -0.05) is 30.5 Å². The summed E-state index contributed by atoms with van der Waals surface area (Å²) in [7, 11) is 0. The fraction of sp³-hybridized carbons (Fsp3) is 0.364. The van der Waals surface area contributed by atoms with Crippen LogP contribution in [0.25, 0.3) is 0 Å². The van der Waals surface area contributed by atoms with E-state index in [9.17, 15) is 9.18 Å². The number of thioether (sulfide) groups is 1. The maximum absolute atomic E-state index is 12.5. The monoisotopic (exact) mass is 243 g/mol. The first kappa shape index (κ1) is 12.8. The largest absolute Gasteiger partial charge is 0.459 e. The molecule has 88 valence electrons. The highest BCUT2D eigenvalue weighted by Crippen LogP contribution is 2.36. The maximum atomic E-state index is 12.5. The van der Waals surface area contributed by atoms with Crippen LogP contribution >= 0.6 is 11.8 Å². The Kier molecular flexibility index (Phi) is 4.61. The number of halogens is 1. The average molecular weight is 243 g/mol. The van der Waals surface area contributed by atoms with Gasteiger partial charge in [-0.05, 0) is 5.41 Å². The van der Waals surface area contributed by atoms with E-state index in [4.69, 9.17) is 4.74 Å². The first-order chi connectivity index (χ1) is 7.68.